The van der Waals surface area contributed by atoms with Crippen LogP contribution in [0, 0.1) is 5.92 Å². The van der Waals surface area contributed by atoms with Crippen LogP contribution in [0.4, 0.5) is 24.7 Å². The molecule has 1 fully saturated rings. The summed E-state index contributed by atoms with van der Waals surface area (Å²) in [6.45, 7) is 0.891. The van der Waals surface area contributed by atoms with E-state index in [1.54, 1.807) is 18.2 Å². The maximum Gasteiger partial charge on any atom is 0.453 e. The maximum atomic E-state index is 13.1. The van der Waals surface area contributed by atoms with Crippen LogP contribution in [0.3, 0.4) is 0 Å². The van der Waals surface area contributed by atoms with E-state index in [9.17, 15) is 18.0 Å². The van der Waals surface area contributed by atoms with Gasteiger partial charge in [-0.25, -0.2) is 0 Å². The highest BCUT2D eigenvalue weighted by molar-refractivity contribution is 6.32. The van der Waals surface area contributed by atoms with Gasteiger partial charge in [-0.2, -0.15) is 17.7 Å². The fourth-order valence-corrected chi connectivity index (χ4v) is 3.92. The highest BCUT2D eigenvalue weighted by atomic mass is 35.5. The van der Waals surface area contributed by atoms with E-state index in [0.717, 1.165) is 0 Å². The van der Waals surface area contributed by atoms with E-state index < -0.39 is 12.0 Å². The summed E-state index contributed by atoms with van der Waals surface area (Å²) < 4.78 is 50.5. The van der Waals surface area contributed by atoms with Gasteiger partial charge in [-0.1, -0.05) is 11.6 Å². The third kappa shape index (κ3) is 4.61. The molecule has 1 N–H and O–H groups in total. The summed E-state index contributed by atoms with van der Waals surface area (Å²) in [6, 6.07) is 6.17. The van der Waals surface area contributed by atoms with E-state index in [-0.39, 0.29) is 17.5 Å². The quantitative estimate of drug-likeness (QED) is 0.590. The van der Waals surface area contributed by atoms with Crippen LogP contribution in [0.15, 0.2) is 24.3 Å². The van der Waals surface area contributed by atoms with Gasteiger partial charge in [-0.3, -0.25) is 4.79 Å². The minimum atomic E-state index is -4.67. The van der Waals surface area contributed by atoms with Crippen molar-refractivity contribution in [2.45, 2.75) is 19.0 Å². The van der Waals surface area contributed by atoms with E-state index in [4.69, 9.17) is 21.1 Å². The zero-order valence-electron chi connectivity index (χ0n) is 17.7. The van der Waals surface area contributed by atoms with Crippen LogP contribution in [-0.2, 0) is 11.0 Å². The van der Waals surface area contributed by atoms with Crippen molar-refractivity contribution in [1.82, 2.24) is 19.8 Å². The number of piperidine rings is 1. The molecule has 2 aromatic heterocycles. The Morgan fingerprint density at radius 2 is 1.82 bits per heavy atom. The topological polar surface area (TPSA) is 93.9 Å². The van der Waals surface area contributed by atoms with E-state index in [1.165, 1.54) is 20.3 Å². The predicted octanol–water partition coefficient (Wildman–Crippen LogP) is 3.67. The van der Waals surface area contributed by atoms with Crippen molar-refractivity contribution in [3.8, 4) is 11.5 Å². The summed E-state index contributed by atoms with van der Waals surface area (Å²) in [6.07, 6.45) is -3.68. The van der Waals surface area contributed by atoms with Gasteiger partial charge in [0.25, 0.3) is 5.82 Å². The number of carbonyl (C=O) groups is 1. The van der Waals surface area contributed by atoms with Gasteiger partial charge >= 0.3 is 6.18 Å². The summed E-state index contributed by atoms with van der Waals surface area (Å²) in [7, 11) is 2.94. The van der Waals surface area contributed by atoms with Crippen LogP contribution in [0.5, 0.6) is 11.5 Å². The molecule has 0 saturated carbocycles. The Morgan fingerprint density at radius 3 is 2.45 bits per heavy atom. The molecular formula is C20H20ClF3N6O3. The number of aromatic nitrogens is 4. The van der Waals surface area contributed by atoms with E-state index in [0.29, 0.717) is 58.5 Å². The summed E-state index contributed by atoms with van der Waals surface area (Å²) in [5, 5.41) is 14.0. The molecule has 13 heteroatoms. The van der Waals surface area contributed by atoms with Crippen LogP contribution in [0.2, 0.25) is 5.02 Å². The van der Waals surface area contributed by atoms with Crippen LogP contribution >= 0.6 is 11.6 Å². The van der Waals surface area contributed by atoms with Crippen LogP contribution < -0.4 is 19.7 Å². The fourth-order valence-electron chi connectivity index (χ4n) is 3.69. The fraction of sp³-hybridized carbons (Fsp3) is 0.400. The molecule has 4 rings (SSSR count). The van der Waals surface area contributed by atoms with Crippen molar-refractivity contribution in [2.24, 2.45) is 5.92 Å². The zero-order chi connectivity index (χ0) is 23.8. The van der Waals surface area contributed by atoms with Crippen LogP contribution in [-0.4, -0.2) is 53.0 Å². The Labute approximate surface area is 191 Å². The third-order valence-corrected chi connectivity index (χ3v) is 5.72. The van der Waals surface area contributed by atoms with Gasteiger partial charge < -0.3 is 19.7 Å². The van der Waals surface area contributed by atoms with Crippen molar-refractivity contribution in [3.63, 3.8) is 0 Å². The third-order valence-electron chi connectivity index (χ3n) is 5.42. The number of amides is 1. The number of hydrogen-bond donors (Lipinski definition) is 1. The molecule has 1 saturated heterocycles. The summed E-state index contributed by atoms with van der Waals surface area (Å²) in [5.74, 6) is -0.512. The monoisotopic (exact) mass is 484 g/mol. The molecular weight excluding hydrogens is 465 g/mol. The molecule has 0 atom stereocenters. The number of carbonyl (C=O) groups excluding carboxylic acids is 1. The predicted molar refractivity (Wildman–Crippen MR) is 114 cm³/mol. The van der Waals surface area contributed by atoms with Crippen molar-refractivity contribution in [1.29, 1.82) is 0 Å². The minimum Gasteiger partial charge on any atom is -0.495 e. The van der Waals surface area contributed by atoms with Gasteiger partial charge in [0.05, 0.1) is 24.9 Å². The SMILES string of the molecule is COc1cc(NC(=O)C2CCN(c3ccc4nnc(C(F)(F)F)n4n3)CC2)c(OC)cc1Cl. The highest BCUT2D eigenvalue weighted by Gasteiger charge is 2.38. The average Bonchev–Trinajstić information content (AvgIpc) is 3.24. The first-order chi connectivity index (χ1) is 15.7. The highest BCUT2D eigenvalue weighted by Crippen LogP contribution is 2.36. The number of alkyl halides is 3. The Morgan fingerprint density at radius 1 is 1.12 bits per heavy atom. The molecule has 0 radical (unpaired) electrons. The summed E-state index contributed by atoms with van der Waals surface area (Å²) in [4.78, 5) is 14.7. The molecule has 1 aliphatic rings. The molecule has 1 aromatic carbocycles. The van der Waals surface area contributed by atoms with Gasteiger partial charge in [-0.15, -0.1) is 15.3 Å². The minimum absolute atomic E-state index is 0.00711. The lowest BCUT2D eigenvalue weighted by atomic mass is 9.95. The van der Waals surface area contributed by atoms with Gasteiger partial charge in [0.15, 0.2) is 5.65 Å². The number of benzene rings is 1. The van der Waals surface area contributed by atoms with Gasteiger partial charge in [0.1, 0.15) is 17.3 Å². The average molecular weight is 485 g/mol. The first-order valence-electron chi connectivity index (χ1n) is 9.98. The summed E-state index contributed by atoms with van der Waals surface area (Å²) in [5.41, 5.74) is 0.443. The van der Waals surface area contributed by atoms with Crippen molar-refractivity contribution < 1.29 is 27.4 Å². The number of methoxy groups -OCH3 is 2. The van der Waals surface area contributed by atoms with Crippen molar-refractivity contribution in [3.05, 3.63) is 35.1 Å². The van der Waals surface area contributed by atoms with E-state index in [2.05, 4.69) is 20.6 Å². The van der Waals surface area contributed by atoms with Gasteiger partial charge in [0.2, 0.25) is 5.91 Å². The lowest BCUT2D eigenvalue weighted by Gasteiger charge is -2.32. The molecule has 1 aliphatic heterocycles. The summed E-state index contributed by atoms with van der Waals surface area (Å²) >= 11 is 6.10. The Hall–Kier alpha value is -3.28. The standard InChI is InChI=1S/C20H20ClF3N6O3/c1-32-14-10-13(15(33-2)9-12(14)21)25-18(31)11-5-7-29(8-6-11)17-4-3-16-26-27-19(20(22,23)24)30(16)28-17/h3-4,9-11H,5-8H2,1-2H3,(H,25,31). The second-order valence-corrected chi connectivity index (χ2v) is 7.83. The molecule has 9 nitrogen and oxygen atoms in total. The lowest BCUT2D eigenvalue weighted by molar-refractivity contribution is -0.146. The molecule has 176 valence electrons. The largest absolute Gasteiger partial charge is 0.495 e. The number of ether oxygens (including phenoxy) is 2. The first kappa shape index (κ1) is 22.9. The number of nitrogens with one attached hydrogen (secondary N) is 1. The molecule has 0 bridgehead atoms. The molecule has 0 aliphatic carbocycles. The first-order valence-corrected chi connectivity index (χ1v) is 10.4. The molecule has 0 spiro atoms. The number of anilines is 2. The number of halogens is 4. The Balaban J connectivity index is 1.45. The van der Waals surface area contributed by atoms with Gasteiger partial charge in [-0.05, 0) is 25.0 Å². The van der Waals surface area contributed by atoms with Crippen molar-refractivity contribution >= 4 is 34.7 Å². The molecule has 1 amide bonds. The van der Waals surface area contributed by atoms with Crippen molar-refractivity contribution in [2.75, 3.05) is 37.5 Å². The lowest BCUT2D eigenvalue weighted by Crippen LogP contribution is -2.38. The Bertz CT molecular complexity index is 1180. The second-order valence-electron chi connectivity index (χ2n) is 7.42. The normalized spacial score (nSPS) is 15.0. The second kappa shape index (κ2) is 8.93. The number of hydrogen-bond acceptors (Lipinski definition) is 7. The molecule has 33 heavy (non-hydrogen) atoms. The number of nitrogens with zero attached hydrogens (tertiary/aromatic N) is 5. The van der Waals surface area contributed by atoms with Crippen LogP contribution in [0.1, 0.15) is 18.7 Å². The molecule has 3 heterocycles. The zero-order valence-corrected chi connectivity index (χ0v) is 18.4. The van der Waals surface area contributed by atoms with Crippen LogP contribution in [0.25, 0.3) is 5.65 Å². The van der Waals surface area contributed by atoms with E-state index >= 15 is 0 Å². The molecule has 0 unspecified atom stereocenters. The molecule has 3 aromatic rings. The Kier molecular flexibility index (Phi) is 6.19. The smallest absolute Gasteiger partial charge is 0.453 e. The van der Waals surface area contributed by atoms with Gasteiger partial charge in [0, 0.05) is 31.1 Å². The number of rotatable bonds is 5. The number of fused-ring (bicyclic) bond motifs is 1. The maximum absolute atomic E-state index is 13.1. The van der Waals surface area contributed by atoms with E-state index in [1.807, 2.05) is 4.90 Å².